The summed E-state index contributed by atoms with van der Waals surface area (Å²) in [5, 5.41) is 7.96. The molecule has 1 aromatic carbocycles. The molecule has 0 saturated carbocycles. The van der Waals surface area contributed by atoms with Gasteiger partial charge in [0.05, 0.1) is 12.2 Å². The molecule has 1 N–H and O–H groups in total. The number of ketones is 1. The van der Waals surface area contributed by atoms with E-state index in [2.05, 4.69) is 42.8 Å². The van der Waals surface area contributed by atoms with Gasteiger partial charge in [-0.1, -0.05) is 44.7 Å². The van der Waals surface area contributed by atoms with E-state index in [0.717, 1.165) is 48.3 Å². The lowest BCUT2D eigenvalue weighted by atomic mass is 9.93. The van der Waals surface area contributed by atoms with E-state index in [4.69, 9.17) is 14.7 Å². The Morgan fingerprint density at radius 2 is 1.92 bits per heavy atom. The van der Waals surface area contributed by atoms with Crippen molar-refractivity contribution in [2.45, 2.75) is 64.1 Å². The van der Waals surface area contributed by atoms with Gasteiger partial charge in [-0.3, -0.25) is 9.59 Å². The second-order valence-corrected chi connectivity index (χ2v) is 10.8. The topological polar surface area (TPSA) is 105 Å². The van der Waals surface area contributed by atoms with E-state index in [1.165, 1.54) is 6.08 Å². The first-order valence-electron chi connectivity index (χ1n) is 13.7. The van der Waals surface area contributed by atoms with Crippen LogP contribution in [0.1, 0.15) is 55.7 Å². The van der Waals surface area contributed by atoms with Crippen LogP contribution in [0.25, 0.3) is 5.65 Å². The van der Waals surface area contributed by atoms with Crippen LogP contribution < -0.4 is 10.1 Å². The summed E-state index contributed by atoms with van der Waals surface area (Å²) in [5.74, 6) is 0.674. The maximum Gasteiger partial charge on any atom is 0.322 e. The number of hydrogen-bond acceptors (Lipinski definition) is 8. The fourth-order valence-electron chi connectivity index (χ4n) is 5.15. The first-order valence-corrected chi connectivity index (χ1v) is 13.7. The Morgan fingerprint density at radius 1 is 1.15 bits per heavy atom. The van der Waals surface area contributed by atoms with Crippen molar-refractivity contribution in [2.24, 2.45) is 0 Å². The molecule has 39 heavy (non-hydrogen) atoms. The molecule has 0 spiro atoms. The van der Waals surface area contributed by atoms with Crippen LogP contribution in [0.2, 0.25) is 0 Å². The number of piperidine rings is 1. The minimum atomic E-state index is -0.357. The maximum absolute atomic E-state index is 12.8. The number of anilines is 1. The number of hydrogen-bond donors (Lipinski definition) is 1. The standard InChI is InChI=1S/C29H37N7O3/c1-5-26(38)35-14-11-24(35)25(37)16-20-7-6-8-21(15-20)17-30-28-33-29(39-22-9-12-34(4)13-10-22)32-27-23(19(2)3)18-31-36(27)28/h5-8,15,18-19,22,24H,1,9-14,16-17H2,2-4H3,(H,30,32,33). The Balaban J connectivity index is 1.30. The van der Waals surface area contributed by atoms with Gasteiger partial charge in [-0.25, -0.2) is 0 Å². The summed E-state index contributed by atoms with van der Waals surface area (Å²) in [6.07, 6.45) is 6.06. The highest BCUT2D eigenvalue weighted by atomic mass is 16.5. The molecule has 10 heteroatoms. The van der Waals surface area contributed by atoms with Crippen molar-refractivity contribution in [1.29, 1.82) is 0 Å². The minimum Gasteiger partial charge on any atom is -0.460 e. The van der Waals surface area contributed by atoms with E-state index < -0.39 is 0 Å². The van der Waals surface area contributed by atoms with Crippen LogP contribution in [0.4, 0.5) is 5.95 Å². The zero-order valence-corrected chi connectivity index (χ0v) is 23.0. The molecular formula is C29H37N7O3. The van der Waals surface area contributed by atoms with Crippen molar-refractivity contribution in [3.63, 3.8) is 0 Å². The molecular weight excluding hydrogens is 494 g/mol. The van der Waals surface area contributed by atoms with E-state index in [9.17, 15) is 9.59 Å². The number of nitrogens with zero attached hydrogens (tertiary/aromatic N) is 6. The SMILES string of the molecule is C=CC(=O)N1CCC1C(=O)Cc1cccc(CNc2nc(OC3CCN(C)CC3)nc3c(C(C)C)cnn23)c1. The van der Waals surface area contributed by atoms with Gasteiger partial charge in [0.2, 0.25) is 11.9 Å². The molecule has 1 amide bonds. The third kappa shape index (κ3) is 5.95. The summed E-state index contributed by atoms with van der Waals surface area (Å²) in [5.41, 5.74) is 3.70. The predicted molar refractivity (Wildman–Crippen MR) is 149 cm³/mol. The summed E-state index contributed by atoms with van der Waals surface area (Å²) in [7, 11) is 2.12. The molecule has 2 fully saturated rings. The van der Waals surface area contributed by atoms with Crippen LogP contribution in [0.15, 0.2) is 43.1 Å². The number of aromatic nitrogens is 4. The lowest BCUT2D eigenvalue weighted by molar-refractivity contribution is -0.142. The van der Waals surface area contributed by atoms with Gasteiger partial charge < -0.3 is 19.9 Å². The molecule has 4 heterocycles. The average molecular weight is 532 g/mol. The van der Waals surface area contributed by atoms with Crippen LogP contribution in [-0.2, 0) is 22.6 Å². The number of carbonyl (C=O) groups is 2. The van der Waals surface area contributed by atoms with E-state index >= 15 is 0 Å². The second-order valence-electron chi connectivity index (χ2n) is 10.8. The molecule has 1 unspecified atom stereocenters. The highest BCUT2D eigenvalue weighted by molar-refractivity contribution is 5.95. The van der Waals surface area contributed by atoms with Crippen molar-refractivity contribution < 1.29 is 14.3 Å². The summed E-state index contributed by atoms with van der Waals surface area (Å²) >= 11 is 0. The fourth-order valence-corrected chi connectivity index (χ4v) is 5.15. The number of likely N-dealkylation sites (tertiary alicyclic amines) is 2. The van der Waals surface area contributed by atoms with E-state index in [-0.39, 0.29) is 36.2 Å². The molecule has 2 aromatic heterocycles. The normalized spacial score (nSPS) is 18.3. The summed E-state index contributed by atoms with van der Waals surface area (Å²) < 4.78 is 7.97. The van der Waals surface area contributed by atoms with Crippen LogP contribution in [-0.4, -0.2) is 79.9 Å². The second kappa shape index (κ2) is 11.5. The van der Waals surface area contributed by atoms with Gasteiger partial charge in [0, 0.05) is 38.2 Å². The Morgan fingerprint density at radius 3 is 2.62 bits per heavy atom. The Labute approximate surface area is 229 Å². The molecule has 0 bridgehead atoms. The highest BCUT2D eigenvalue weighted by Gasteiger charge is 2.35. The fraction of sp³-hybridized carbons (Fsp3) is 0.483. The van der Waals surface area contributed by atoms with Gasteiger partial charge in [0.15, 0.2) is 11.4 Å². The molecule has 0 aliphatic carbocycles. The van der Waals surface area contributed by atoms with Crippen molar-refractivity contribution in [3.8, 4) is 6.01 Å². The lowest BCUT2D eigenvalue weighted by Crippen LogP contribution is -2.55. The van der Waals surface area contributed by atoms with Crippen LogP contribution in [0.3, 0.4) is 0 Å². The van der Waals surface area contributed by atoms with E-state index in [1.807, 2.05) is 30.5 Å². The van der Waals surface area contributed by atoms with Gasteiger partial charge >= 0.3 is 6.01 Å². The van der Waals surface area contributed by atoms with Gasteiger partial charge in [0.1, 0.15) is 6.10 Å². The zero-order valence-electron chi connectivity index (χ0n) is 23.0. The van der Waals surface area contributed by atoms with Crippen LogP contribution in [0, 0.1) is 0 Å². The number of fused-ring (bicyclic) bond motifs is 1. The molecule has 0 radical (unpaired) electrons. The molecule has 3 aromatic rings. The van der Waals surface area contributed by atoms with Crippen molar-refractivity contribution in [1.82, 2.24) is 29.4 Å². The highest BCUT2D eigenvalue weighted by Crippen LogP contribution is 2.25. The number of benzene rings is 1. The zero-order chi connectivity index (χ0) is 27.5. The molecule has 2 aliphatic heterocycles. The molecule has 5 rings (SSSR count). The van der Waals surface area contributed by atoms with Gasteiger partial charge in [-0.05, 0) is 49.4 Å². The molecule has 1 atom stereocenters. The number of ether oxygens (including phenoxy) is 1. The van der Waals surface area contributed by atoms with Gasteiger partial charge in [0.25, 0.3) is 0 Å². The average Bonchev–Trinajstić information content (AvgIpc) is 3.32. The molecule has 206 valence electrons. The van der Waals surface area contributed by atoms with Crippen molar-refractivity contribution in [2.75, 3.05) is 32.0 Å². The smallest absolute Gasteiger partial charge is 0.322 e. The van der Waals surface area contributed by atoms with Crippen molar-refractivity contribution in [3.05, 3.63) is 59.8 Å². The quantitative estimate of drug-likeness (QED) is 0.398. The maximum atomic E-state index is 12.8. The molecule has 2 aliphatic rings. The number of carbonyl (C=O) groups excluding carboxylic acids is 2. The first-order chi connectivity index (χ1) is 18.8. The van der Waals surface area contributed by atoms with E-state index in [0.29, 0.717) is 31.5 Å². The van der Waals surface area contributed by atoms with Gasteiger partial charge in [-0.2, -0.15) is 19.6 Å². The molecule has 10 nitrogen and oxygen atoms in total. The Hall–Kier alpha value is -3.79. The number of Topliss-reactive ketones (excluding diaryl/α,β-unsaturated/α-hetero) is 1. The third-order valence-corrected chi connectivity index (χ3v) is 7.60. The van der Waals surface area contributed by atoms with Crippen LogP contribution >= 0.6 is 0 Å². The summed E-state index contributed by atoms with van der Waals surface area (Å²) in [4.78, 5) is 38.1. The first kappa shape index (κ1) is 26.8. The van der Waals surface area contributed by atoms with Gasteiger partial charge in [-0.15, -0.1) is 0 Å². The number of rotatable bonds is 10. The Kier molecular flexibility index (Phi) is 7.92. The monoisotopic (exact) mass is 531 g/mol. The van der Waals surface area contributed by atoms with Crippen LogP contribution in [0.5, 0.6) is 6.01 Å². The number of amides is 1. The largest absolute Gasteiger partial charge is 0.460 e. The Bertz CT molecular complexity index is 1360. The summed E-state index contributed by atoms with van der Waals surface area (Å²) in [6.45, 7) is 10.8. The minimum absolute atomic E-state index is 0.0486. The predicted octanol–water partition coefficient (Wildman–Crippen LogP) is 3.23. The van der Waals surface area contributed by atoms with E-state index in [1.54, 1.807) is 9.42 Å². The lowest BCUT2D eigenvalue weighted by Gasteiger charge is -2.39. The van der Waals surface area contributed by atoms with Crippen molar-refractivity contribution >= 4 is 23.3 Å². The number of nitrogens with one attached hydrogen (secondary N) is 1. The summed E-state index contributed by atoms with van der Waals surface area (Å²) in [6, 6.07) is 7.92. The third-order valence-electron chi connectivity index (χ3n) is 7.60. The molecule has 2 saturated heterocycles.